The number of aromatic nitrogens is 2. The molecule has 2 rings (SSSR count). The van der Waals surface area contributed by atoms with Crippen LogP contribution in [0.15, 0.2) is 12.4 Å². The summed E-state index contributed by atoms with van der Waals surface area (Å²) in [6.07, 6.45) is 10.3. The molecule has 0 saturated heterocycles. The van der Waals surface area contributed by atoms with Gasteiger partial charge in [-0.1, -0.05) is 26.2 Å². The second-order valence-electron chi connectivity index (χ2n) is 4.79. The van der Waals surface area contributed by atoms with Crippen LogP contribution in [0.5, 0.6) is 0 Å². The van der Waals surface area contributed by atoms with Gasteiger partial charge < -0.3 is 5.73 Å². The minimum absolute atomic E-state index is 0.530. The molecule has 1 aromatic heterocycles. The smallest absolute Gasteiger partial charge is 0.131 e. The minimum atomic E-state index is 0.530. The van der Waals surface area contributed by atoms with Crippen LogP contribution < -0.4 is 5.73 Å². The van der Waals surface area contributed by atoms with Gasteiger partial charge in [0.2, 0.25) is 0 Å². The van der Waals surface area contributed by atoms with Crippen LogP contribution in [0, 0.1) is 5.92 Å². The van der Waals surface area contributed by atoms with E-state index >= 15 is 0 Å². The van der Waals surface area contributed by atoms with Crippen molar-refractivity contribution in [2.45, 2.75) is 51.5 Å². The van der Waals surface area contributed by atoms with Gasteiger partial charge in [0.25, 0.3) is 0 Å². The first-order valence-corrected chi connectivity index (χ1v) is 6.34. The monoisotopic (exact) mass is 219 g/mol. The maximum absolute atomic E-state index is 5.54. The van der Waals surface area contributed by atoms with Gasteiger partial charge in [-0.05, 0) is 18.8 Å². The van der Waals surface area contributed by atoms with Crippen molar-refractivity contribution in [3.8, 4) is 0 Å². The third kappa shape index (κ3) is 2.59. The Morgan fingerprint density at radius 2 is 2.06 bits per heavy atom. The number of hydrogen-bond acceptors (Lipinski definition) is 3. The average Bonchev–Trinajstić information content (AvgIpc) is 2.39. The van der Waals surface area contributed by atoms with Crippen LogP contribution in [0.25, 0.3) is 0 Å². The Morgan fingerprint density at radius 1 is 1.31 bits per heavy atom. The first-order chi connectivity index (χ1) is 7.83. The van der Waals surface area contributed by atoms with Gasteiger partial charge >= 0.3 is 0 Å². The predicted molar refractivity (Wildman–Crippen MR) is 64.9 cm³/mol. The molecule has 0 radical (unpaired) electrons. The van der Waals surface area contributed by atoms with E-state index in [9.17, 15) is 0 Å². The summed E-state index contributed by atoms with van der Waals surface area (Å²) in [6, 6.07) is 0. The van der Waals surface area contributed by atoms with Crippen molar-refractivity contribution < 1.29 is 0 Å². The van der Waals surface area contributed by atoms with Gasteiger partial charge in [0.1, 0.15) is 5.82 Å². The number of nitrogens with two attached hydrogens (primary N) is 1. The van der Waals surface area contributed by atoms with Gasteiger partial charge in [-0.3, -0.25) is 0 Å². The van der Waals surface area contributed by atoms with E-state index in [-0.39, 0.29) is 0 Å². The SMILES string of the molecule is CCC1CCCC(c2ncc(CN)cn2)C1. The maximum Gasteiger partial charge on any atom is 0.131 e. The summed E-state index contributed by atoms with van der Waals surface area (Å²) in [5.74, 6) is 2.47. The number of rotatable bonds is 3. The fourth-order valence-electron chi connectivity index (χ4n) is 2.58. The Bertz CT molecular complexity index is 320. The summed E-state index contributed by atoms with van der Waals surface area (Å²) < 4.78 is 0. The van der Waals surface area contributed by atoms with E-state index in [1.807, 2.05) is 12.4 Å². The van der Waals surface area contributed by atoms with Gasteiger partial charge in [0.05, 0.1) is 0 Å². The van der Waals surface area contributed by atoms with Gasteiger partial charge in [0, 0.05) is 30.4 Å². The molecule has 2 N–H and O–H groups in total. The lowest BCUT2D eigenvalue weighted by atomic mass is 9.80. The third-order valence-corrected chi connectivity index (χ3v) is 3.69. The summed E-state index contributed by atoms with van der Waals surface area (Å²) in [5, 5.41) is 0. The first kappa shape index (κ1) is 11.5. The number of nitrogens with zero attached hydrogens (tertiary/aromatic N) is 2. The van der Waals surface area contributed by atoms with Crippen LogP contribution in [0.1, 0.15) is 56.3 Å². The summed E-state index contributed by atoms with van der Waals surface area (Å²) >= 11 is 0. The first-order valence-electron chi connectivity index (χ1n) is 6.34. The van der Waals surface area contributed by atoms with Crippen LogP contribution in [0.2, 0.25) is 0 Å². The van der Waals surface area contributed by atoms with Crippen LogP contribution in [-0.4, -0.2) is 9.97 Å². The van der Waals surface area contributed by atoms with Gasteiger partial charge in [-0.25, -0.2) is 9.97 Å². The standard InChI is InChI=1S/C13H21N3/c1-2-10-4-3-5-12(6-10)13-15-8-11(7-14)9-16-13/h8-10,12H,2-7,14H2,1H3. The zero-order valence-corrected chi connectivity index (χ0v) is 10.0. The molecule has 16 heavy (non-hydrogen) atoms. The highest BCUT2D eigenvalue weighted by atomic mass is 14.9. The van der Waals surface area contributed by atoms with E-state index in [0.29, 0.717) is 12.5 Å². The van der Waals surface area contributed by atoms with E-state index in [2.05, 4.69) is 16.9 Å². The van der Waals surface area contributed by atoms with Crippen molar-refractivity contribution in [2.75, 3.05) is 0 Å². The summed E-state index contributed by atoms with van der Waals surface area (Å²) in [5.41, 5.74) is 6.56. The van der Waals surface area contributed by atoms with Crippen LogP contribution in [-0.2, 0) is 6.54 Å². The van der Waals surface area contributed by atoms with Gasteiger partial charge in [-0.2, -0.15) is 0 Å². The Morgan fingerprint density at radius 3 is 2.69 bits per heavy atom. The van der Waals surface area contributed by atoms with Crippen molar-refractivity contribution in [1.82, 2.24) is 9.97 Å². The highest BCUT2D eigenvalue weighted by molar-refractivity contribution is 5.07. The largest absolute Gasteiger partial charge is 0.326 e. The van der Waals surface area contributed by atoms with Crippen molar-refractivity contribution in [3.05, 3.63) is 23.8 Å². The Hall–Kier alpha value is -0.960. The molecule has 0 amide bonds. The molecule has 3 nitrogen and oxygen atoms in total. The average molecular weight is 219 g/mol. The normalized spacial score (nSPS) is 25.6. The fourth-order valence-corrected chi connectivity index (χ4v) is 2.58. The molecule has 0 bridgehead atoms. The molecule has 88 valence electrons. The Labute approximate surface area is 97.5 Å². The molecule has 1 aromatic rings. The molecular weight excluding hydrogens is 198 g/mol. The highest BCUT2D eigenvalue weighted by Gasteiger charge is 2.23. The summed E-state index contributed by atoms with van der Waals surface area (Å²) in [7, 11) is 0. The topological polar surface area (TPSA) is 51.8 Å². The second kappa shape index (κ2) is 5.39. The molecule has 1 aliphatic rings. The van der Waals surface area contributed by atoms with Crippen LogP contribution in [0.3, 0.4) is 0 Å². The molecule has 0 aliphatic heterocycles. The maximum atomic E-state index is 5.54. The molecule has 1 aliphatic carbocycles. The van der Waals surface area contributed by atoms with Crippen molar-refractivity contribution in [1.29, 1.82) is 0 Å². The molecule has 2 unspecified atom stereocenters. The lowest BCUT2D eigenvalue weighted by Crippen LogP contribution is -2.16. The summed E-state index contributed by atoms with van der Waals surface area (Å²) in [6.45, 7) is 2.81. The Balaban J connectivity index is 2.05. The lowest BCUT2D eigenvalue weighted by Gasteiger charge is -2.27. The van der Waals surface area contributed by atoms with Gasteiger partial charge in [-0.15, -0.1) is 0 Å². The molecule has 0 spiro atoms. The van der Waals surface area contributed by atoms with Crippen molar-refractivity contribution >= 4 is 0 Å². The molecule has 1 saturated carbocycles. The minimum Gasteiger partial charge on any atom is -0.326 e. The predicted octanol–water partition coefficient (Wildman–Crippen LogP) is 2.62. The van der Waals surface area contributed by atoms with Crippen LogP contribution >= 0.6 is 0 Å². The zero-order valence-electron chi connectivity index (χ0n) is 10.0. The van der Waals surface area contributed by atoms with Crippen LogP contribution in [0.4, 0.5) is 0 Å². The molecular formula is C13H21N3. The van der Waals surface area contributed by atoms with Gasteiger partial charge in [0.15, 0.2) is 0 Å². The molecule has 3 heteroatoms. The van der Waals surface area contributed by atoms with E-state index in [1.165, 1.54) is 32.1 Å². The van der Waals surface area contributed by atoms with E-state index in [4.69, 9.17) is 5.73 Å². The highest BCUT2D eigenvalue weighted by Crippen LogP contribution is 2.35. The zero-order chi connectivity index (χ0) is 11.4. The van der Waals surface area contributed by atoms with Crippen molar-refractivity contribution in [3.63, 3.8) is 0 Å². The molecule has 1 heterocycles. The fraction of sp³-hybridized carbons (Fsp3) is 0.692. The quantitative estimate of drug-likeness (QED) is 0.850. The van der Waals surface area contributed by atoms with Crippen molar-refractivity contribution in [2.24, 2.45) is 11.7 Å². The van der Waals surface area contributed by atoms with E-state index < -0.39 is 0 Å². The van der Waals surface area contributed by atoms with E-state index in [1.54, 1.807) is 0 Å². The molecule has 1 fully saturated rings. The lowest BCUT2D eigenvalue weighted by molar-refractivity contribution is 0.307. The van der Waals surface area contributed by atoms with E-state index in [0.717, 1.165) is 17.3 Å². The summed E-state index contributed by atoms with van der Waals surface area (Å²) in [4.78, 5) is 8.90. The number of hydrogen-bond donors (Lipinski definition) is 1. The second-order valence-corrected chi connectivity index (χ2v) is 4.79. The molecule has 0 aromatic carbocycles. The molecule has 2 atom stereocenters. The Kier molecular flexibility index (Phi) is 3.88. The third-order valence-electron chi connectivity index (χ3n) is 3.69.